The number of carbonyl (C=O) groups excluding carboxylic acids is 2. The van der Waals surface area contributed by atoms with E-state index in [1.54, 1.807) is 35.2 Å². The van der Waals surface area contributed by atoms with Crippen molar-refractivity contribution in [1.29, 1.82) is 0 Å². The van der Waals surface area contributed by atoms with Crippen LogP contribution in [0.15, 0.2) is 78.5 Å². The zero-order valence-corrected chi connectivity index (χ0v) is 22.2. The zero-order valence-electron chi connectivity index (χ0n) is 21.4. The summed E-state index contributed by atoms with van der Waals surface area (Å²) in [5.74, 6) is 0.437. The van der Waals surface area contributed by atoms with E-state index in [2.05, 4.69) is 15.6 Å². The largest absolute Gasteiger partial charge is 0.464 e. The molecule has 2 aliphatic heterocycles. The van der Waals surface area contributed by atoms with Gasteiger partial charge in [-0.05, 0) is 66.8 Å². The monoisotopic (exact) mass is 548 g/mol. The van der Waals surface area contributed by atoms with Crippen molar-refractivity contribution in [3.8, 4) is 11.6 Å². The van der Waals surface area contributed by atoms with Crippen molar-refractivity contribution in [2.24, 2.45) is 5.92 Å². The molecule has 2 N–H and O–H groups in total. The van der Waals surface area contributed by atoms with E-state index in [1.807, 2.05) is 42.6 Å². The van der Waals surface area contributed by atoms with Crippen molar-refractivity contribution in [3.05, 3.63) is 94.8 Å². The second-order valence-electron chi connectivity index (χ2n) is 9.24. The van der Waals surface area contributed by atoms with E-state index in [1.165, 1.54) is 7.11 Å². The van der Waals surface area contributed by atoms with Crippen LogP contribution in [0.4, 0.5) is 5.69 Å². The molecule has 2 aromatic carbocycles. The Morgan fingerprint density at radius 2 is 1.85 bits per heavy atom. The Kier molecular flexibility index (Phi) is 8.29. The maximum atomic E-state index is 13.7. The molecular weight excluding hydrogens is 520 g/mol. The normalized spacial score (nSPS) is 17.7. The summed E-state index contributed by atoms with van der Waals surface area (Å²) >= 11 is 6.07. The first-order chi connectivity index (χ1) is 19.0. The lowest BCUT2D eigenvalue weighted by Crippen LogP contribution is -2.55. The average molecular weight is 549 g/mol. The lowest BCUT2D eigenvalue weighted by molar-refractivity contribution is -0.132. The number of pyridine rings is 1. The molecule has 0 spiro atoms. The van der Waals surface area contributed by atoms with Gasteiger partial charge in [0, 0.05) is 48.3 Å². The van der Waals surface area contributed by atoms with Gasteiger partial charge in [0.05, 0.1) is 7.11 Å². The van der Waals surface area contributed by atoms with E-state index in [0.717, 1.165) is 29.7 Å². The molecule has 202 valence electrons. The minimum atomic E-state index is -0.535. The fourth-order valence-electron chi connectivity index (χ4n) is 4.56. The van der Waals surface area contributed by atoms with Gasteiger partial charge in [0.2, 0.25) is 5.88 Å². The number of ether oxygens (including phenoxy) is 3. The first kappa shape index (κ1) is 26.5. The number of carbonyl (C=O) groups is 2. The molecule has 1 aromatic heterocycles. The Bertz CT molecular complexity index is 1340. The lowest BCUT2D eigenvalue weighted by atomic mass is 9.90. The van der Waals surface area contributed by atoms with Crippen molar-refractivity contribution < 1.29 is 23.8 Å². The van der Waals surface area contributed by atoms with Crippen molar-refractivity contribution in [3.63, 3.8) is 0 Å². The van der Waals surface area contributed by atoms with E-state index in [9.17, 15) is 9.59 Å². The van der Waals surface area contributed by atoms with Crippen molar-refractivity contribution in [2.75, 3.05) is 25.6 Å². The zero-order chi connectivity index (χ0) is 27.2. The van der Waals surface area contributed by atoms with Gasteiger partial charge >= 0.3 is 5.97 Å². The van der Waals surface area contributed by atoms with Gasteiger partial charge < -0.3 is 24.8 Å². The van der Waals surface area contributed by atoms with Gasteiger partial charge in [0.25, 0.3) is 5.91 Å². The fourth-order valence-corrected chi connectivity index (χ4v) is 4.69. The second-order valence-corrected chi connectivity index (χ2v) is 9.67. The summed E-state index contributed by atoms with van der Waals surface area (Å²) in [4.78, 5) is 31.4. The number of hydrogen-bond acceptors (Lipinski definition) is 8. The quantitative estimate of drug-likeness (QED) is 0.381. The van der Waals surface area contributed by atoms with Crippen LogP contribution in [0, 0.1) is 5.92 Å². The van der Waals surface area contributed by atoms with E-state index in [4.69, 9.17) is 25.8 Å². The molecule has 3 aromatic rings. The van der Waals surface area contributed by atoms with E-state index >= 15 is 0 Å². The van der Waals surface area contributed by atoms with Gasteiger partial charge in [-0.1, -0.05) is 29.8 Å². The van der Waals surface area contributed by atoms with E-state index < -0.39 is 12.3 Å². The van der Waals surface area contributed by atoms with Gasteiger partial charge in [-0.15, -0.1) is 0 Å². The van der Waals surface area contributed by atoms with Crippen LogP contribution in [0.5, 0.6) is 11.6 Å². The Balaban J connectivity index is 1.31. The van der Waals surface area contributed by atoms with Crippen LogP contribution in [-0.2, 0) is 20.8 Å². The Morgan fingerprint density at radius 3 is 2.56 bits per heavy atom. The summed E-state index contributed by atoms with van der Waals surface area (Å²) < 4.78 is 16.0. The molecule has 5 rings (SSSR count). The summed E-state index contributed by atoms with van der Waals surface area (Å²) in [5, 5.41) is 7.44. The van der Waals surface area contributed by atoms with Gasteiger partial charge in [0.15, 0.2) is 12.0 Å². The average Bonchev–Trinajstić information content (AvgIpc) is 2.97. The number of hydrogen-bond donors (Lipinski definition) is 2. The number of rotatable bonds is 8. The molecule has 1 amide bonds. The molecule has 3 heterocycles. The third kappa shape index (κ3) is 6.50. The standard InChI is InChI=1S/C29H29ClN4O5/c1-37-28(36)25-3-2-4-26(33-25)39-23-11-9-22(10-12-23)32-29-31-17-24(20-13-15-38-16-14-20)27(35)34(29)18-19-5-7-21(30)8-6-19/h2-12,17,20,29,31-32H,13-16,18H2,1H3. The molecule has 10 heteroatoms. The third-order valence-electron chi connectivity index (χ3n) is 6.64. The van der Waals surface area contributed by atoms with Crippen LogP contribution in [-0.4, -0.2) is 48.4 Å². The lowest BCUT2D eigenvalue weighted by Gasteiger charge is -2.39. The number of nitrogens with zero attached hydrogens (tertiary/aromatic N) is 2. The van der Waals surface area contributed by atoms with Gasteiger partial charge in [-0.25, -0.2) is 9.78 Å². The SMILES string of the molecule is COC(=O)c1cccc(Oc2ccc(NC3NC=C(C4CCOCC4)C(=O)N3Cc3ccc(Cl)cc3)cc2)n1. The molecule has 9 nitrogen and oxygen atoms in total. The number of benzene rings is 2. The first-order valence-corrected chi connectivity index (χ1v) is 13.1. The number of halogens is 1. The molecule has 0 bridgehead atoms. The van der Waals surface area contributed by atoms with Gasteiger partial charge in [-0.3, -0.25) is 9.69 Å². The highest BCUT2D eigenvalue weighted by Crippen LogP contribution is 2.29. The van der Waals surface area contributed by atoms with Crippen LogP contribution in [0.25, 0.3) is 0 Å². The maximum Gasteiger partial charge on any atom is 0.356 e. The van der Waals surface area contributed by atoms with Gasteiger partial charge in [-0.2, -0.15) is 0 Å². The topological polar surface area (TPSA) is 102 Å². The molecular formula is C29H29ClN4O5. The number of nitrogens with one attached hydrogen (secondary N) is 2. The molecule has 2 aliphatic rings. The molecule has 39 heavy (non-hydrogen) atoms. The Labute approximate surface area is 231 Å². The van der Waals surface area contributed by atoms with Crippen LogP contribution >= 0.6 is 11.6 Å². The minimum absolute atomic E-state index is 0.00962. The highest BCUT2D eigenvalue weighted by atomic mass is 35.5. The van der Waals surface area contributed by atoms with Crippen LogP contribution in [0.2, 0.25) is 5.02 Å². The molecule has 0 radical (unpaired) electrons. The summed E-state index contributed by atoms with van der Waals surface area (Å²) in [6.07, 6.45) is 3.02. The predicted octanol–water partition coefficient (Wildman–Crippen LogP) is 4.95. The number of methoxy groups -OCH3 is 1. The smallest absolute Gasteiger partial charge is 0.356 e. The maximum absolute atomic E-state index is 13.7. The molecule has 1 fully saturated rings. The van der Waals surface area contributed by atoms with E-state index in [0.29, 0.717) is 30.5 Å². The van der Waals surface area contributed by atoms with Crippen molar-refractivity contribution in [2.45, 2.75) is 25.7 Å². The Morgan fingerprint density at radius 1 is 1.10 bits per heavy atom. The first-order valence-electron chi connectivity index (χ1n) is 12.7. The molecule has 1 unspecified atom stereocenters. The number of esters is 1. The third-order valence-corrected chi connectivity index (χ3v) is 6.89. The molecule has 0 aliphatic carbocycles. The van der Waals surface area contributed by atoms with Crippen LogP contribution in [0.1, 0.15) is 28.9 Å². The number of amides is 1. The summed E-state index contributed by atoms with van der Waals surface area (Å²) in [6.45, 7) is 1.72. The number of anilines is 1. The molecule has 1 saturated heterocycles. The predicted molar refractivity (Wildman–Crippen MR) is 146 cm³/mol. The van der Waals surface area contributed by atoms with Crippen molar-refractivity contribution >= 4 is 29.2 Å². The highest BCUT2D eigenvalue weighted by molar-refractivity contribution is 6.30. The van der Waals surface area contributed by atoms with E-state index in [-0.39, 0.29) is 23.4 Å². The van der Waals surface area contributed by atoms with Gasteiger partial charge in [0.1, 0.15) is 5.75 Å². The fraction of sp³-hybridized carbons (Fsp3) is 0.276. The second kappa shape index (κ2) is 12.2. The minimum Gasteiger partial charge on any atom is -0.464 e. The molecule has 0 saturated carbocycles. The summed E-state index contributed by atoms with van der Waals surface area (Å²) in [6, 6.07) is 19.7. The molecule has 1 atom stereocenters. The Hall–Kier alpha value is -4.08. The highest BCUT2D eigenvalue weighted by Gasteiger charge is 2.34. The van der Waals surface area contributed by atoms with Crippen molar-refractivity contribution in [1.82, 2.24) is 15.2 Å². The summed E-state index contributed by atoms with van der Waals surface area (Å²) in [7, 11) is 1.30. The van der Waals surface area contributed by atoms with Crippen LogP contribution < -0.4 is 15.4 Å². The number of aromatic nitrogens is 1. The van der Waals surface area contributed by atoms with Crippen LogP contribution in [0.3, 0.4) is 0 Å². The summed E-state index contributed by atoms with van der Waals surface area (Å²) in [5.41, 5.74) is 2.69.